The Morgan fingerprint density at radius 2 is 1.73 bits per heavy atom. The lowest BCUT2D eigenvalue weighted by molar-refractivity contribution is -0.0335. The summed E-state index contributed by atoms with van der Waals surface area (Å²) in [4.78, 5) is 9.16. The highest BCUT2D eigenvalue weighted by molar-refractivity contribution is 5.85. The Morgan fingerprint density at radius 1 is 1.07 bits per heavy atom. The van der Waals surface area contributed by atoms with E-state index in [0.29, 0.717) is 18.7 Å². The first-order valence-electron chi connectivity index (χ1n) is 10.1. The summed E-state index contributed by atoms with van der Waals surface area (Å²) in [6.07, 6.45) is 4.22. The van der Waals surface area contributed by atoms with Crippen molar-refractivity contribution in [1.82, 2.24) is 14.4 Å². The molecule has 0 spiro atoms. The van der Waals surface area contributed by atoms with Gasteiger partial charge in [0, 0.05) is 23.9 Å². The average Bonchev–Trinajstić information content (AvgIpc) is 3.13. The van der Waals surface area contributed by atoms with E-state index >= 15 is 0 Å². The second-order valence-electron chi connectivity index (χ2n) is 8.39. The van der Waals surface area contributed by atoms with Gasteiger partial charge in [-0.25, -0.2) is 9.97 Å². The summed E-state index contributed by atoms with van der Waals surface area (Å²) in [5.74, 6) is 1.50. The van der Waals surface area contributed by atoms with Crippen molar-refractivity contribution < 1.29 is 10.2 Å². The fourth-order valence-electron chi connectivity index (χ4n) is 4.41. The molecule has 4 aromatic rings. The van der Waals surface area contributed by atoms with Crippen LogP contribution in [0.15, 0.2) is 67.0 Å². The molecular formula is C24H24N4O2. The number of nitrogens with zero attached hydrogens (tertiary/aromatic N) is 3. The fraction of sp³-hybridized carbons (Fsp3) is 0.250. The third-order valence-electron chi connectivity index (χ3n) is 5.96. The Bertz CT molecular complexity index is 1190. The van der Waals surface area contributed by atoms with Crippen LogP contribution in [0.5, 0.6) is 0 Å². The van der Waals surface area contributed by atoms with Crippen LogP contribution in [0.25, 0.3) is 16.8 Å². The van der Waals surface area contributed by atoms with E-state index in [4.69, 9.17) is 10.7 Å². The number of nitrogen functional groups attached to an aromatic ring is 1. The molecule has 2 heterocycles. The van der Waals surface area contributed by atoms with Crippen molar-refractivity contribution in [2.24, 2.45) is 0 Å². The minimum Gasteiger partial charge on any atom is -0.390 e. The van der Waals surface area contributed by atoms with Gasteiger partial charge < -0.3 is 15.9 Å². The number of aliphatic hydroxyl groups excluding tert-OH is 1. The molecule has 2 aromatic carbocycles. The minimum absolute atomic E-state index is 0.183. The van der Waals surface area contributed by atoms with E-state index < -0.39 is 11.7 Å². The average molecular weight is 400 g/mol. The molecule has 1 atom stereocenters. The summed E-state index contributed by atoms with van der Waals surface area (Å²) in [5.41, 5.74) is 9.70. The highest BCUT2D eigenvalue weighted by Crippen LogP contribution is 2.45. The molecule has 1 saturated carbocycles. The van der Waals surface area contributed by atoms with Crippen LogP contribution in [0.1, 0.15) is 48.7 Å². The Balaban J connectivity index is 1.53. The lowest BCUT2D eigenvalue weighted by Crippen LogP contribution is -2.40. The highest BCUT2D eigenvalue weighted by atomic mass is 16.3. The SMILES string of the molecule is CC1(O)CC(c2nc(-c3ccc(C(O)c4ccccc4)cc3)c3c(N)nccn23)C1. The Morgan fingerprint density at radius 3 is 2.40 bits per heavy atom. The van der Waals surface area contributed by atoms with Crippen molar-refractivity contribution in [3.63, 3.8) is 0 Å². The predicted molar refractivity (Wildman–Crippen MR) is 116 cm³/mol. The lowest BCUT2D eigenvalue weighted by atomic mass is 9.72. The third-order valence-corrected chi connectivity index (χ3v) is 5.96. The lowest BCUT2D eigenvalue weighted by Gasteiger charge is -2.40. The van der Waals surface area contributed by atoms with Crippen molar-refractivity contribution in [2.75, 3.05) is 5.73 Å². The van der Waals surface area contributed by atoms with Gasteiger partial charge in [0.2, 0.25) is 0 Å². The first kappa shape index (κ1) is 18.8. The quantitative estimate of drug-likeness (QED) is 0.485. The highest BCUT2D eigenvalue weighted by Gasteiger charge is 2.41. The van der Waals surface area contributed by atoms with E-state index in [-0.39, 0.29) is 5.92 Å². The number of imidazole rings is 1. The summed E-state index contributed by atoms with van der Waals surface area (Å²) in [6, 6.07) is 17.3. The van der Waals surface area contributed by atoms with E-state index in [0.717, 1.165) is 33.7 Å². The Hall–Kier alpha value is -3.22. The van der Waals surface area contributed by atoms with Crippen LogP contribution in [-0.2, 0) is 0 Å². The Kier molecular flexibility index (Phi) is 4.34. The van der Waals surface area contributed by atoms with Gasteiger partial charge in [0.25, 0.3) is 0 Å². The number of nitrogens with two attached hydrogens (primary N) is 1. The monoisotopic (exact) mass is 400 g/mol. The van der Waals surface area contributed by atoms with Crippen LogP contribution < -0.4 is 5.73 Å². The molecule has 4 N–H and O–H groups in total. The maximum Gasteiger partial charge on any atom is 0.150 e. The maximum atomic E-state index is 10.7. The Labute approximate surface area is 174 Å². The van der Waals surface area contributed by atoms with Crippen molar-refractivity contribution in [3.8, 4) is 11.3 Å². The summed E-state index contributed by atoms with van der Waals surface area (Å²) in [6.45, 7) is 1.85. The molecule has 0 radical (unpaired) electrons. The standard InChI is InChI=1S/C24H24N4O2/c1-24(30)13-18(14-24)23-27-19(20-22(25)26-11-12-28(20)23)15-7-9-17(10-8-15)21(29)16-5-3-2-4-6-16/h2-12,18,21,29-30H,13-14H2,1H3,(H2,25,26). The number of benzene rings is 2. The molecule has 0 saturated heterocycles. The van der Waals surface area contributed by atoms with Crippen LogP contribution in [0.3, 0.4) is 0 Å². The van der Waals surface area contributed by atoms with Gasteiger partial charge in [-0.2, -0.15) is 0 Å². The van der Waals surface area contributed by atoms with Gasteiger partial charge in [0.1, 0.15) is 29.0 Å². The van der Waals surface area contributed by atoms with Crippen LogP contribution in [0, 0.1) is 0 Å². The van der Waals surface area contributed by atoms with E-state index in [1.165, 1.54) is 0 Å². The topological polar surface area (TPSA) is 96.7 Å². The summed E-state index contributed by atoms with van der Waals surface area (Å²) in [5, 5.41) is 20.8. The molecule has 2 aromatic heterocycles. The molecule has 0 amide bonds. The smallest absolute Gasteiger partial charge is 0.150 e. The van der Waals surface area contributed by atoms with Gasteiger partial charge in [0.05, 0.1) is 5.60 Å². The van der Waals surface area contributed by atoms with Crippen molar-refractivity contribution in [2.45, 2.75) is 37.4 Å². The molecule has 6 heteroatoms. The van der Waals surface area contributed by atoms with Crippen LogP contribution in [0.4, 0.5) is 5.82 Å². The van der Waals surface area contributed by atoms with Crippen molar-refractivity contribution >= 4 is 11.3 Å². The normalized spacial score (nSPS) is 22.0. The van der Waals surface area contributed by atoms with Crippen LogP contribution >= 0.6 is 0 Å². The van der Waals surface area contributed by atoms with Gasteiger partial charge in [-0.05, 0) is 30.9 Å². The molecule has 1 unspecified atom stereocenters. The van der Waals surface area contributed by atoms with Gasteiger partial charge in [-0.3, -0.25) is 4.40 Å². The number of hydrogen-bond donors (Lipinski definition) is 3. The number of fused-ring (bicyclic) bond motifs is 1. The van der Waals surface area contributed by atoms with E-state index in [1.54, 1.807) is 6.20 Å². The molecule has 0 bridgehead atoms. The zero-order valence-corrected chi connectivity index (χ0v) is 16.7. The van der Waals surface area contributed by atoms with Crippen molar-refractivity contribution in [1.29, 1.82) is 0 Å². The maximum absolute atomic E-state index is 10.7. The van der Waals surface area contributed by atoms with Gasteiger partial charge >= 0.3 is 0 Å². The third kappa shape index (κ3) is 3.14. The van der Waals surface area contributed by atoms with Crippen LogP contribution in [0.2, 0.25) is 0 Å². The molecule has 30 heavy (non-hydrogen) atoms. The van der Waals surface area contributed by atoms with Crippen molar-refractivity contribution in [3.05, 3.63) is 83.9 Å². The molecule has 6 nitrogen and oxygen atoms in total. The fourth-order valence-corrected chi connectivity index (χ4v) is 4.41. The van der Waals surface area contributed by atoms with Gasteiger partial charge in [0.15, 0.2) is 0 Å². The van der Waals surface area contributed by atoms with Gasteiger partial charge in [-0.15, -0.1) is 0 Å². The van der Waals surface area contributed by atoms with Crippen LogP contribution in [-0.4, -0.2) is 30.2 Å². The molecule has 152 valence electrons. The number of rotatable bonds is 4. The summed E-state index contributed by atoms with van der Waals surface area (Å²) >= 11 is 0. The van der Waals surface area contributed by atoms with E-state index in [1.807, 2.05) is 72.1 Å². The zero-order chi connectivity index (χ0) is 20.9. The number of aliphatic hydroxyl groups is 2. The number of anilines is 1. The van der Waals surface area contributed by atoms with Gasteiger partial charge in [-0.1, -0.05) is 54.6 Å². The molecule has 1 fully saturated rings. The zero-order valence-electron chi connectivity index (χ0n) is 16.7. The predicted octanol–water partition coefficient (Wildman–Crippen LogP) is 3.69. The largest absolute Gasteiger partial charge is 0.390 e. The first-order chi connectivity index (χ1) is 14.4. The summed E-state index contributed by atoms with van der Waals surface area (Å²) < 4.78 is 1.99. The number of hydrogen-bond acceptors (Lipinski definition) is 5. The summed E-state index contributed by atoms with van der Waals surface area (Å²) in [7, 11) is 0. The molecular weight excluding hydrogens is 376 g/mol. The molecule has 1 aliphatic rings. The second kappa shape index (κ2) is 6.93. The number of aromatic nitrogens is 3. The second-order valence-corrected chi connectivity index (χ2v) is 8.39. The molecule has 0 aliphatic heterocycles. The minimum atomic E-state index is -0.682. The first-order valence-corrected chi connectivity index (χ1v) is 10.1. The van der Waals surface area contributed by atoms with E-state index in [2.05, 4.69) is 4.98 Å². The van der Waals surface area contributed by atoms with E-state index in [9.17, 15) is 10.2 Å². The molecule has 1 aliphatic carbocycles. The molecule has 5 rings (SSSR count).